The van der Waals surface area contributed by atoms with Crippen molar-refractivity contribution in [2.24, 2.45) is 5.10 Å². The topological polar surface area (TPSA) is 64.9 Å². The average molecular weight is 312 g/mol. The first-order valence-corrected chi connectivity index (χ1v) is 8.09. The van der Waals surface area contributed by atoms with E-state index >= 15 is 0 Å². The third kappa shape index (κ3) is 5.33. The van der Waals surface area contributed by atoms with Crippen LogP contribution in [0.5, 0.6) is 11.5 Å². The molecule has 0 saturated carbocycles. The fourth-order valence-corrected chi connectivity index (χ4v) is 2.38. The Morgan fingerprint density at radius 3 is 2.52 bits per heavy atom. The molecule has 0 unspecified atom stereocenters. The molecule has 0 bridgehead atoms. The summed E-state index contributed by atoms with van der Waals surface area (Å²) >= 11 is 0. The number of phenolic OH excluding ortho intramolecular Hbond substituents is 2. The Hall–Kier alpha value is -2.49. The third-order valence-corrected chi connectivity index (χ3v) is 3.70. The predicted molar refractivity (Wildman–Crippen MR) is 95.3 cm³/mol. The second kappa shape index (κ2) is 8.83. The van der Waals surface area contributed by atoms with E-state index in [0.29, 0.717) is 5.56 Å². The molecule has 2 rings (SSSR count). The molecule has 23 heavy (non-hydrogen) atoms. The number of hydrazone groups is 1. The summed E-state index contributed by atoms with van der Waals surface area (Å²) in [6, 6.07) is 12.8. The predicted octanol–water partition coefficient (Wildman–Crippen LogP) is 4.67. The molecule has 0 aromatic heterocycles. The van der Waals surface area contributed by atoms with Gasteiger partial charge < -0.3 is 10.2 Å². The summed E-state index contributed by atoms with van der Waals surface area (Å²) in [6.45, 7) is 2.17. The van der Waals surface area contributed by atoms with Gasteiger partial charge in [0, 0.05) is 11.6 Å². The van der Waals surface area contributed by atoms with Gasteiger partial charge in [-0.2, -0.15) is 5.10 Å². The second-order valence-corrected chi connectivity index (χ2v) is 5.59. The first-order valence-electron chi connectivity index (χ1n) is 8.09. The Balaban J connectivity index is 2.02. The van der Waals surface area contributed by atoms with Crippen LogP contribution >= 0.6 is 0 Å². The number of nitrogens with one attached hydrogen (secondary N) is 1. The molecule has 2 aromatic carbocycles. The molecule has 0 heterocycles. The van der Waals surface area contributed by atoms with Crippen LogP contribution in [0.15, 0.2) is 47.6 Å². The molecule has 0 aliphatic carbocycles. The zero-order valence-electron chi connectivity index (χ0n) is 13.5. The minimum atomic E-state index is 0.0263. The van der Waals surface area contributed by atoms with Gasteiger partial charge in [-0.25, -0.2) is 0 Å². The summed E-state index contributed by atoms with van der Waals surface area (Å²) in [5.41, 5.74) is 5.23. The van der Waals surface area contributed by atoms with Crippen LogP contribution < -0.4 is 5.43 Å². The van der Waals surface area contributed by atoms with E-state index in [-0.39, 0.29) is 11.5 Å². The van der Waals surface area contributed by atoms with Crippen LogP contribution in [-0.4, -0.2) is 16.4 Å². The Kier molecular flexibility index (Phi) is 6.48. The third-order valence-electron chi connectivity index (χ3n) is 3.70. The van der Waals surface area contributed by atoms with Crippen LogP contribution in [-0.2, 0) is 6.42 Å². The van der Waals surface area contributed by atoms with Gasteiger partial charge in [-0.1, -0.05) is 44.4 Å². The van der Waals surface area contributed by atoms with Crippen LogP contribution in [0.3, 0.4) is 0 Å². The second-order valence-electron chi connectivity index (χ2n) is 5.59. The van der Waals surface area contributed by atoms with Crippen molar-refractivity contribution in [2.45, 2.75) is 39.0 Å². The fourth-order valence-electron chi connectivity index (χ4n) is 2.38. The van der Waals surface area contributed by atoms with Crippen molar-refractivity contribution < 1.29 is 10.2 Å². The molecule has 0 aliphatic rings. The maximum atomic E-state index is 9.96. The summed E-state index contributed by atoms with van der Waals surface area (Å²) in [7, 11) is 0. The molecule has 0 amide bonds. The molecule has 0 atom stereocenters. The summed E-state index contributed by atoms with van der Waals surface area (Å²) in [6.07, 6.45) is 6.94. The standard InChI is InChI=1S/C19H24N2O2/c1-2-3-4-6-9-15-12-16(19(23)13-18(15)22)14-20-21-17-10-7-5-8-11-17/h5,7-8,10-14,21-23H,2-4,6,9H2,1H3. The quantitative estimate of drug-likeness (QED) is 0.377. The van der Waals surface area contributed by atoms with Gasteiger partial charge in [0.25, 0.3) is 0 Å². The molecule has 0 spiro atoms. The molecule has 4 nitrogen and oxygen atoms in total. The van der Waals surface area contributed by atoms with E-state index in [9.17, 15) is 10.2 Å². The monoisotopic (exact) mass is 312 g/mol. The largest absolute Gasteiger partial charge is 0.508 e. The Morgan fingerprint density at radius 2 is 1.78 bits per heavy atom. The zero-order chi connectivity index (χ0) is 16.5. The number of anilines is 1. The van der Waals surface area contributed by atoms with E-state index in [0.717, 1.165) is 30.5 Å². The van der Waals surface area contributed by atoms with Gasteiger partial charge in [-0.15, -0.1) is 0 Å². The van der Waals surface area contributed by atoms with E-state index in [2.05, 4.69) is 17.5 Å². The molecule has 4 heteroatoms. The molecule has 0 aliphatic heterocycles. The summed E-state index contributed by atoms with van der Waals surface area (Å²) in [5, 5.41) is 24.0. The minimum absolute atomic E-state index is 0.0263. The molecule has 122 valence electrons. The van der Waals surface area contributed by atoms with E-state index < -0.39 is 0 Å². The molecular weight excluding hydrogens is 288 g/mol. The van der Waals surface area contributed by atoms with Gasteiger partial charge in [-0.3, -0.25) is 5.43 Å². The van der Waals surface area contributed by atoms with E-state index in [1.165, 1.54) is 18.9 Å². The van der Waals surface area contributed by atoms with Gasteiger partial charge in [0.15, 0.2) is 0 Å². The lowest BCUT2D eigenvalue weighted by Gasteiger charge is -2.08. The first-order chi connectivity index (χ1) is 11.2. The summed E-state index contributed by atoms with van der Waals surface area (Å²) < 4.78 is 0. The van der Waals surface area contributed by atoms with Gasteiger partial charge >= 0.3 is 0 Å². The van der Waals surface area contributed by atoms with Crippen molar-refractivity contribution >= 4 is 11.9 Å². The van der Waals surface area contributed by atoms with E-state index in [1.807, 2.05) is 30.3 Å². The minimum Gasteiger partial charge on any atom is -0.508 e. The number of nitrogens with zero attached hydrogens (tertiary/aromatic N) is 1. The van der Waals surface area contributed by atoms with Crippen molar-refractivity contribution in [1.29, 1.82) is 0 Å². The maximum absolute atomic E-state index is 9.96. The highest BCUT2D eigenvalue weighted by Gasteiger charge is 2.07. The molecule has 0 radical (unpaired) electrons. The van der Waals surface area contributed by atoms with Gasteiger partial charge in [0.2, 0.25) is 0 Å². The normalized spacial score (nSPS) is 11.0. The fraction of sp³-hybridized carbons (Fsp3) is 0.316. The van der Waals surface area contributed by atoms with E-state index in [1.54, 1.807) is 12.3 Å². The van der Waals surface area contributed by atoms with Crippen LogP contribution in [0, 0.1) is 0 Å². The first kappa shape index (κ1) is 16.9. The number of unbranched alkanes of at least 4 members (excludes halogenated alkanes) is 3. The van der Waals surface area contributed by atoms with Gasteiger partial charge in [0.05, 0.1) is 11.9 Å². The van der Waals surface area contributed by atoms with Crippen molar-refractivity contribution in [3.63, 3.8) is 0 Å². The van der Waals surface area contributed by atoms with Crippen molar-refractivity contribution in [1.82, 2.24) is 0 Å². The van der Waals surface area contributed by atoms with Crippen molar-refractivity contribution in [2.75, 3.05) is 5.43 Å². The molecule has 2 aromatic rings. The number of rotatable bonds is 8. The number of aryl methyl sites for hydroxylation is 1. The van der Waals surface area contributed by atoms with Crippen molar-refractivity contribution in [3.05, 3.63) is 53.6 Å². The smallest absolute Gasteiger partial charge is 0.128 e. The highest BCUT2D eigenvalue weighted by Crippen LogP contribution is 2.27. The number of benzene rings is 2. The Morgan fingerprint density at radius 1 is 1.00 bits per heavy atom. The number of para-hydroxylation sites is 1. The number of phenols is 2. The summed E-state index contributed by atoms with van der Waals surface area (Å²) in [4.78, 5) is 0. The highest BCUT2D eigenvalue weighted by molar-refractivity contribution is 5.84. The number of aromatic hydroxyl groups is 2. The average Bonchev–Trinajstić information content (AvgIpc) is 2.56. The lowest BCUT2D eigenvalue weighted by molar-refractivity contribution is 0.444. The van der Waals surface area contributed by atoms with Crippen LogP contribution in [0.4, 0.5) is 5.69 Å². The van der Waals surface area contributed by atoms with E-state index in [4.69, 9.17) is 0 Å². The SMILES string of the molecule is CCCCCCc1cc(C=NNc2ccccc2)c(O)cc1O. The molecular formula is C19H24N2O2. The van der Waals surface area contributed by atoms with Crippen LogP contribution in [0.25, 0.3) is 0 Å². The lowest BCUT2D eigenvalue weighted by Crippen LogP contribution is -1.94. The Labute approximate surface area is 137 Å². The van der Waals surface area contributed by atoms with Crippen LogP contribution in [0.1, 0.15) is 43.7 Å². The molecule has 3 N–H and O–H groups in total. The zero-order valence-corrected chi connectivity index (χ0v) is 13.5. The molecule has 0 saturated heterocycles. The van der Waals surface area contributed by atoms with Gasteiger partial charge in [-0.05, 0) is 36.6 Å². The lowest BCUT2D eigenvalue weighted by atomic mass is 10.0. The number of hydrogen-bond acceptors (Lipinski definition) is 4. The number of hydrogen-bond donors (Lipinski definition) is 3. The van der Waals surface area contributed by atoms with Crippen molar-refractivity contribution in [3.8, 4) is 11.5 Å². The Bertz CT molecular complexity index is 639. The maximum Gasteiger partial charge on any atom is 0.128 e. The van der Waals surface area contributed by atoms with Crippen LogP contribution in [0.2, 0.25) is 0 Å². The van der Waals surface area contributed by atoms with Gasteiger partial charge in [0.1, 0.15) is 11.5 Å². The molecule has 0 fully saturated rings. The highest BCUT2D eigenvalue weighted by atomic mass is 16.3. The summed E-state index contributed by atoms with van der Waals surface area (Å²) in [5.74, 6) is 0.172.